The van der Waals surface area contributed by atoms with Crippen molar-refractivity contribution < 1.29 is 57.5 Å². The quantitative estimate of drug-likeness (QED) is 0.0128. The van der Waals surface area contributed by atoms with Crippen molar-refractivity contribution in [1.29, 1.82) is 0 Å². The van der Waals surface area contributed by atoms with Crippen LogP contribution < -0.4 is 15.5 Å². The topological polar surface area (TPSA) is 212 Å². The first-order valence-electron chi connectivity index (χ1n) is 26.5. The average Bonchev–Trinajstić information content (AvgIpc) is 3.26. The van der Waals surface area contributed by atoms with E-state index >= 15 is 0 Å². The molecular weight excluding hydrogens is 886 g/mol. The number of carbonyl (C=O) groups excluding carboxylic acids is 4. The van der Waals surface area contributed by atoms with Gasteiger partial charge in [0, 0.05) is 11.8 Å². The minimum Gasteiger partial charge on any atom is -0.756 e. The van der Waals surface area contributed by atoms with Crippen LogP contribution in [-0.4, -0.2) is 115 Å². The van der Waals surface area contributed by atoms with Crippen LogP contribution in [0.2, 0.25) is 0 Å². The van der Waals surface area contributed by atoms with Crippen molar-refractivity contribution >= 4 is 31.2 Å². The van der Waals surface area contributed by atoms with Crippen molar-refractivity contribution in [1.82, 2.24) is 10.6 Å². The van der Waals surface area contributed by atoms with E-state index in [9.17, 15) is 44.0 Å². The second kappa shape index (κ2) is 43.5. The summed E-state index contributed by atoms with van der Waals surface area (Å²) in [7, 11) is 1.09. The van der Waals surface area contributed by atoms with Gasteiger partial charge >= 0.3 is 0 Å². The van der Waals surface area contributed by atoms with Crippen molar-refractivity contribution in [3.63, 3.8) is 0 Å². The molecule has 0 saturated heterocycles. The number of aliphatic hydroxyl groups excluding tert-OH is 3. The molecule has 0 fully saturated rings. The highest BCUT2D eigenvalue weighted by Crippen LogP contribution is 2.38. The number of nitrogens with zero attached hydrogens (tertiary/aromatic N) is 1. The Morgan fingerprint density at radius 1 is 0.574 bits per heavy atom. The van der Waals surface area contributed by atoms with E-state index in [0.717, 1.165) is 32.1 Å². The van der Waals surface area contributed by atoms with Gasteiger partial charge in [0.05, 0.1) is 71.5 Å². The third kappa shape index (κ3) is 43.7. The molecule has 0 heterocycles. The van der Waals surface area contributed by atoms with Crippen LogP contribution in [-0.2, 0) is 32.8 Å². The number of hydrogen-bond donors (Lipinski definition) is 5. The number of carbonyl (C=O) groups is 4. The van der Waals surface area contributed by atoms with Crippen LogP contribution in [0.3, 0.4) is 0 Å². The SMILES string of the molecule is CCCCCCCCCCCCCC=CC(O)C(CO)NC(=O)CC(=O)C(C)C.CCCCCCCCCCCCCC=CC(O)C(COP(=O)([O-])OCC[N+](C)(C)C)NC(=O)CC(=O)C(C)C. The Morgan fingerprint density at radius 3 is 1.25 bits per heavy atom. The maximum atomic E-state index is 12.4. The van der Waals surface area contributed by atoms with Gasteiger partial charge in [-0.3, -0.25) is 23.7 Å². The van der Waals surface area contributed by atoms with E-state index in [1.807, 2.05) is 33.3 Å². The monoisotopic (exact) mass is 988 g/mol. The fourth-order valence-electron chi connectivity index (χ4n) is 6.93. The van der Waals surface area contributed by atoms with Gasteiger partial charge in [-0.15, -0.1) is 0 Å². The van der Waals surface area contributed by atoms with Gasteiger partial charge in [0.1, 0.15) is 24.7 Å². The number of ketones is 2. The number of Topliss-reactive ketones (excluding diaryl/α,β-unsaturated/α-hetero) is 2. The molecule has 15 heteroatoms. The molecule has 0 spiro atoms. The molecule has 14 nitrogen and oxygen atoms in total. The van der Waals surface area contributed by atoms with Crippen LogP contribution in [0.5, 0.6) is 0 Å². The standard InChI is InChI=1S/C29H57N2O7P.C24H45NO4/c1-7-8-9-10-11-12-13-14-15-16-17-18-19-20-27(32)26(30-29(34)23-28(33)25(2)3)24-38-39(35,36)37-22-21-31(4,5)6;1-4-5-6-7-8-9-10-11-12-13-14-15-16-17-22(27)21(19-26)25-24(29)18-23(28)20(2)3/h19-20,25-27,32H,7-18,21-24H2,1-6H3,(H-,30,34,35,36);16-17,20-22,26-27H,4-15,18-19H2,1-3H3,(H,25,29). The summed E-state index contributed by atoms with van der Waals surface area (Å²) >= 11 is 0. The molecule has 400 valence electrons. The lowest BCUT2D eigenvalue weighted by Crippen LogP contribution is -2.46. The third-order valence-electron chi connectivity index (χ3n) is 11.7. The first kappa shape index (κ1) is 67.8. The number of hydrogen-bond acceptors (Lipinski definition) is 11. The molecule has 5 unspecified atom stereocenters. The van der Waals surface area contributed by atoms with Crippen LogP contribution in [0, 0.1) is 11.8 Å². The zero-order valence-corrected chi connectivity index (χ0v) is 45.4. The Hall–Kier alpha value is -2.29. The van der Waals surface area contributed by atoms with Gasteiger partial charge in [0.25, 0.3) is 7.82 Å². The highest BCUT2D eigenvalue weighted by Gasteiger charge is 2.25. The molecule has 68 heavy (non-hydrogen) atoms. The van der Waals surface area contributed by atoms with Crippen molar-refractivity contribution in [2.75, 3.05) is 47.5 Å². The van der Waals surface area contributed by atoms with Crippen molar-refractivity contribution in [3.8, 4) is 0 Å². The molecule has 0 radical (unpaired) electrons. The van der Waals surface area contributed by atoms with Crippen LogP contribution in [0.25, 0.3) is 0 Å². The molecule has 5 N–H and O–H groups in total. The van der Waals surface area contributed by atoms with E-state index in [-0.39, 0.29) is 49.5 Å². The molecular formula is C53H102N3O11P. The molecule has 0 rings (SSSR count). The summed E-state index contributed by atoms with van der Waals surface area (Å²) in [6.07, 6.45) is 34.0. The van der Waals surface area contributed by atoms with E-state index in [2.05, 4.69) is 24.5 Å². The van der Waals surface area contributed by atoms with Gasteiger partial charge in [-0.25, -0.2) is 0 Å². The number of phosphoric acid groups is 1. The zero-order chi connectivity index (χ0) is 51.6. The van der Waals surface area contributed by atoms with E-state index in [0.29, 0.717) is 11.0 Å². The molecule has 0 bridgehead atoms. The molecule has 0 saturated carbocycles. The third-order valence-corrected chi connectivity index (χ3v) is 12.7. The average molecular weight is 988 g/mol. The number of amides is 2. The maximum Gasteiger partial charge on any atom is 0.268 e. The van der Waals surface area contributed by atoms with Gasteiger partial charge in [0.15, 0.2) is 0 Å². The predicted octanol–water partition coefficient (Wildman–Crippen LogP) is 9.61. The second-order valence-electron chi connectivity index (χ2n) is 20.2. The second-order valence-corrected chi connectivity index (χ2v) is 21.6. The van der Waals surface area contributed by atoms with Gasteiger partial charge < -0.3 is 44.4 Å². The Bertz CT molecular complexity index is 1390. The molecule has 0 aromatic rings. The fraction of sp³-hybridized carbons (Fsp3) is 0.849. The predicted molar refractivity (Wildman–Crippen MR) is 275 cm³/mol. The largest absolute Gasteiger partial charge is 0.756 e. The first-order valence-corrected chi connectivity index (χ1v) is 28.0. The summed E-state index contributed by atoms with van der Waals surface area (Å²) < 4.78 is 22.6. The number of rotatable bonds is 44. The van der Waals surface area contributed by atoms with E-state index in [1.54, 1.807) is 39.8 Å². The summed E-state index contributed by atoms with van der Waals surface area (Å²) in [5.41, 5.74) is 0. The van der Waals surface area contributed by atoms with Crippen molar-refractivity contribution in [2.45, 2.75) is 233 Å². The number of unbranched alkanes of at least 4 members (excludes halogenated alkanes) is 22. The van der Waals surface area contributed by atoms with Crippen molar-refractivity contribution in [3.05, 3.63) is 24.3 Å². The fourth-order valence-corrected chi connectivity index (χ4v) is 7.66. The summed E-state index contributed by atoms with van der Waals surface area (Å²) in [6.45, 7) is 10.9. The smallest absolute Gasteiger partial charge is 0.268 e. The Kier molecular flexibility index (Phi) is 43.4. The molecule has 0 aliphatic rings. The number of phosphoric ester groups is 1. The molecule has 0 aliphatic heterocycles. The minimum atomic E-state index is -4.63. The number of nitrogens with one attached hydrogen (secondary N) is 2. The van der Waals surface area contributed by atoms with Crippen LogP contribution in [0.4, 0.5) is 0 Å². The lowest BCUT2D eigenvalue weighted by atomic mass is 10.0. The van der Waals surface area contributed by atoms with E-state index < -0.39 is 50.5 Å². The van der Waals surface area contributed by atoms with Crippen LogP contribution in [0.15, 0.2) is 24.3 Å². The van der Waals surface area contributed by atoms with Gasteiger partial charge in [-0.1, -0.05) is 194 Å². The number of allylic oxidation sites excluding steroid dienone is 2. The summed E-state index contributed by atoms with van der Waals surface area (Å²) in [4.78, 5) is 59.9. The lowest BCUT2D eigenvalue weighted by Gasteiger charge is -2.29. The van der Waals surface area contributed by atoms with Crippen LogP contribution in [0.1, 0.15) is 208 Å². The zero-order valence-electron chi connectivity index (χ0n) is 44.5. The van der Waals surface area contributed by atoms with Gasteiger partial charge in [-0.05, 0) is 25.7 Å². The minimum absolute atomic E-state index is 0.0500. The molecule has 5 atom stereocenters. The van der Waals surface area contributed by atoms with Gasteiger partial charge in [-0.2, -0.15) is 0 Å². The number of likely N-dealkylation sites (N-methyl/N-ethyl adjacent to an activating group) is 1. The first-order chi connectivity index (χ1) is 32.2. The number of quaternary nitrogens is 1. The maximum absolute atomic E-state index is 12.4. The highest BCUT2D eigenvalue weighted by molar-refractivity contribution is 7.45. The molecule has 0 aromatic carbocycles. The molecule has 2 amide bonds. The normalized spacial score (nSPS) is 14.7. The Balaban J connectivity index is 0. The highest BCUT2D eigenvalue weighted by atomic mass is 31.2. The van der Waals surface area contributed by atoms with Gasteiger partial charge in [0.2, 0.25) is 11.8 Å². The molecule has 0 aliphatic carbocycles. The van der Waals surface area contributed by atoms with Crippen molar-refractivity contribution in [2.24, 2.45) is 11.8 Å². The summed E-state index contributed by atoms with van der Waals surface area (Å²) in [6, 6.07) is -1.83. The lowest BCUT2D eigenvalue weighted by molar-refractivity contribution is -0.870. The Morgan fingerprint density at radius 2 is 0.912 bits per heavy atom. The van der Waals surface area contributed by atoms with E-state index in [4.69, 9.17) is 9.05 Å². The van der Waals surface area contributed by atoms with Crippen LogP contribution >= 0.6 is 7.82 Å². The van der Waals surface area contributed by atoms with E-state index in [1.165, 1.54) is 122 Å². The molecule has 0 aromatic heterocycles. The number of aliphatic hydroxyl groups is 3. The summed E-state index contributed by atoms with van der Waals surface area (Å²) in [5.74, 6) is -1.96. The summed E-state index contributed by atoms with van der Waals surface area (Å²) in [5, 5.41) is 35.3. The Labute approximate surface area is 414 Å².